The molecule has 130 valence electrons. The van der Waals surface area contributed by atoms with Gasteiger partial charge in [-0.2, -0.15) is 0 Å². The topological polar surface area (TPSA) is 63.7 Å². The van der Waals surface area contributed by atoms with Crippen LogP contribution in [0.25, 0.3) is 0 Å². The van der Waals surface area contributed by atoms with Gasteiger partial charge in [0.1, 0.15) is 5.78 Å². The summed E-state index contributed by atoms with van der Waals surface area (Å²) in [7, 11) is 1.36. The van der Waals surface area contributed by atoms with Crippen molar-refractivity contribution in [1.82, 2.24) is 4.90 Å². The lowest BCUT2D eigenvalue weighted by atomic mass is 9.76. The lowest BCUT2D eigenvalue weighted by molar-refractivity contribution is -0.147. The number of carbonyl (C=O) groups excluding carboxylic acids is 3. The number of methoxy groups -OCH3 is 1. The molecule has 2 aliphatic rings. The lowest BCUT2D eigenvalue weighted by Gasteiger charge is -2.34. The fourth-order valence-corrected chi connectivity index (χ4v) is 4.32. The van der Waals surface area contributed by atoms with E-state index in [1.54, 1.807) is 6.92 Å². The second-order valence-electron chi connectivity index (χ2n) is 6.96. The van der Waals surface area contributed by atoms with Crippen LogP contribution in [0.4, 0.5) is 0 Å². The molecular weight excluding hydrogens is 294 g/mol. The van der Waals surface area contributed by atoms with E-state index in [1.807, 2.05) is 11.8 Å². The van der Waals surface area contributed by atoms with E-state index in [4.69, 9.17) is 4.74 Å². The van der Waals surface area contributed by atoms with Crippen molar-refractivity contribution in [2.24, 2.45) is 17.8 Å². The number of hydrogen-bond donors (Lipinski definition) is 0. The molecule has 1 amide bonds. The Kier molecular flexibility index (Phi) is 6.19. The summed E-state index contributed by atoms with van der Waals surface area (Å²) in [5, 5.41) is 0. The molecule has 2 rings (SSSR count). The number of hydrogen-bond acceptors (Lipinski definition) is 4. The second kappa shape index (κ2) is 7.93. The fourth-order valence-electron chi connectivity index (χ4n) is 4.32. The van der Waals surface area contributed by atoms with Crippen molar-refractivity contribution in [2.75, 3.05) is 13.7 Å². The molecule has 2 fully saturated rings. The van der Waals surface area contributed by atoms with Gasteiger partial charge in [-0.3, -0.25) is 14.4 Å². The summed E-state index contributed by atoms with van der Waals surface area (Å²) in [4.78, 5) is 38.4. The Balaban J connectivity index is 2.10. The van der Waals surface area contributed by atoms with Crippen molar-refractivity contribution in [1.29, 1.82) is 0 Å². The molecule has 2 saturated heterocycles. The van der Waals surface area contributed by atoms with Gasteiger partial charge in [-0.15, -0.1) is 0 Å². The van der Waals surface area contributed by atoms with Crippen molar-refractivity contribution >= 4 is 17.7 Å². The van der Waals surface area contributed by atoms with Gasteiger partial charge >= 0.3 is 5.97 Å². The Labute approximate surface area is 138 Å². The van der Waals surface area contributed by atoms with Crippen molar-refractivity contribution in [2.45, 2.75) is 64.8 Å². The standard InChI is InChI=1S/C18H29NO4/c1-4-13(16(20)11-12(2)18(22)23-3)14-7-5-6-10-19-15(14)8-9-17(19)21/h12-15H,4-11H2,1-3H3/t12-,13+,14-,15+/m1/s1. The summed E-state index contributed by atoms with van der Waals surface area (Å²) in [5.74, 6) is -0.144. The van der Waals surface area contributed by atoms with Gasteiger partial charge in [-0.25, -0.2) is 0 Å². The van der Waals surface area contributed by atoms with Crippen LogP contribution in [0.2, 0.25) is 0 Å². The number of nitrogens with zero attached hydrogens (tertiary/aromatic N) is 1. The average molecular weight is 323 g/mol. The van der Waals surface area contributed by atoms with E-state index in [9.17, 15) is 14.4 Å². The van der Waals surface area contributed by atoms with Crippen LogP contribution < -0.4 is 0 Å². The monoisotopic (exact) mass is 323 g/mol. The molecule has 23 heavy (non-hydrogen) atoms. The number of ether oxygens (including phenoxy) is 1. The van der Waals surface area contributed by atoms with Gasteiger partial charge in [0, 0.05) is 31.3 Å². The van der Waals surface area contributed by atoms with E-state index in [0.717, 1.165) is 38.6 Å². The zero-order chi connectivity index (χ0) is 17.0. The number of amides is 1. The number of carbonyl (C=O) groups is 3. The fraction of sp³-hybridized carbons (Fsp3) is 0.833. The predicted octanol–water partition coefficient (Wildman–Crippen LogP) is 2.57. The summed E-state index contributed by atoms with van der Waals surface area (Å²) in [5.41, 5.74) is 0. The van der Waals surface area contributed by atoms with Crippen LogP contribution in [0.5, 0.6) is 0 Å². The molecule has 0 aromatic heterocycles. The van der Waals surface area contributed by atoms with Gasteiger partial charge in [-0.05, 0) is 31.6 Å². The summed E-state index contributed by atoms with van der Waals surface area (Å²) >= 11 is 0. The molecule has 0 unspecified atom stereocenters. The van der Waals surface area contributed by atoms with Crippen LogP contribution in [0.3, 0.4) is 0 Å². The SMILES string of the molecule is CC[C@H](C(=O)C[C@@H](C)C(=O)OC)[C@H]1CCCCN2C(=O)CC[C@@H]12. The van der Waals surface area contributed by atoms with Gasteiger partial charge in [0.25, 0.3) is 0 Å². The molecule has 0 bridgehead atoms. The van der Waals surface area contributed by atoms with E-state index >= 15 is 0 Å². The number of rotatable bonds is 6. The largest absolute Gasteiger partial charge is 0.469 e. The van der Waals surface area contributed by atoms with Crippen LogP contribution >= 0.6 is 0 Å². The minimum Gasteiger partial charge on any atom is -0.469 e. The Morgan fingerprint density at radius 1 is 1.30 bits per heavy atom. The third-order valence-corrected chi connectivity index (χ3v) is 5.54. The molecule has 0 aromatic carbocycles. The first-order valence-electron chi connectivity index (χ1n) is 8.89. The average Bonchev–Trinajstić information content (AvgIpc) is 2.77. The Morgan fingerprint density at radius 2 is 2.04 bits per heavy atom. The molecule has 0 N–H and O–H groups in total. The number of esters is 1. The van der Waals surface area contributed by atoms with E-state index in [2.05, 4.69) is 0 Å². The second-order valence-corrected chi connectivity index (χ2v) is 6.96. The molecule has 0 aliphatic carbocycles. The minimum atomic E-state index is -0.395. The summed E-state index contributed by atoms with van der Waals surface area (Å²) in [6, 6.07) is 0.215. The van der Waals surface area contributed by atoms with E-state index < -0.39 is 5.92 Å². The van der Waals surface area contributed by atoms with Gasteiger partial charge in [0.05, 0.1) is 13.0 Å². The molecule has 4 atom stereocenters. The predicted molar refractivity (Wildman–Crippen MR) is 86.7 cm³/mol. The van der Waals surface area contributed by atoms with Crippen LogP contribution in [0, 0.1) is 17.8 Å². The maximum absolute atomic E-state index is 12.8. The molecule has 5 heteroatoms. The maximum atomic E-state index is 12.8. The third-order valence-electron chi connectivity index (χ3n) is 5.54. The third kappa shape index (κ3) is 3.93. The van der Waals surface area contributed by atoms with Crippen LogP contribution in [0.1, 0.15) is 58.8 Å². The molecule has 2 heterocycles. The highest BCUT2D eigenvalue weighted by molar-refractivity contribution is 5.86. The summed E-state index contributed by atoms with van der Waals surface area (Å²) in [6.45, 7) is 4.62. The Bertz CT molecular complexity index is 462. The van der Waals surface area contributed by atoms with Gasteiger partial charge < -0.3 is 9.64 Å². The first-order valence-corrected chi connectivity index (χ1v) is 8.89. The number of fused-ring (bicyclic) bond motifs is 1. The maximum Gasteiger partial charge on any atom is 0.308 e. The highest BCUT2D eigenvalue weighted by atomic mass is 16.5. The highest BCUT2D eigenvalue weighted by Crippen LogP contribution is 2.38. The zero-order valence-corrected chi connectivity index (χ0v) is 14.5. The number of Topliss-reactive ketones (excluding diaryl/α,β-unsaturated/α-hetero) is 1. The van der Waals surface area contributed by atoms with E-state index in [1.165, 1.54) is 7.11 Å². The summed E-state index contributed by atoms with van der Waals surface area (Å²) < 4.78 is 4.73. The van der Waals surface area contributed by atoms with E-state index in [-0.39, 0.29) is 42.0 Å². The Morgan fingerprint density at radius 3 is 2.70 bits per heavy atom. The molecule has 0 aromatic rings. The lowest BCUT2D eigenvalue weighted by Crippen LogP contribution is -2.41. The molecule has 0 saturated carbocycles. The molecule has 0 spiro atoms. The smallest absolute Gasteiger partial charge is 0.308 e. The van der Waals surface area contributed by atoms with E-state index in [0.29, 0.717) is 6.42 Å². The van der Waals surface area contributed by atoms with Gasteiger partial charge in [0.15, 0.2) is 0 Å². The van der Waals surface area contributed by atoms with Crippen LogP contribution in [-0.4, -0.2) is 42.3 Å². The molecule has 2 aliphatic heterocycles. The van der Waals surface area contributed by atoms with Crippen molar-refractivity contribution < 1.29 is 19.1 Å². The van der Waals surface area contributed by atoms with Crippen molar-refractivity contribution in [3.63, 3.8) is 0 Å². The minimum absolute atomic E-state index is 0.0568. The Hall–Kier alpha value is -1.39. The van der Waals surface area contributed by atoms with Crippen LogP contribution in [0.15, 0.2) is 0 Å². The van der Waals surface area contributed by atoms with Crippen LogP contribution in [-0.2, 0) is 19.1 Å². The molecular formula is C18H29NO4. The number of ketones is 1. The quantitative estimate of drug-likeness (QED) is 0.705. The highest BCUT2D eigenvalue weighted by Gasteiger charge is 2.42. The van der Waals surface area contributed by atoms with Gasteiger partial charge in [-0.1, -0.05) is 20.3 Å². The molecule has 5 nitrogen and oxygen atoms in total. The van der Waals surface area contributed by atoms with Gasteiger partial charge in [0.2, 0.25) is 5.91 Å². The van der Waals surface area contributed by atoms with Crippen molar-refractivity contribution in [3.8, 4) is 0 Å². The van der Waals surface area contributed by atoms with Crippen molar-refractivity contribution in [3.05, 3.63) is 0 Å². The zero-order valence-electron chi connectivity index (χ0n) is 14.5. The normalized spacial score (nSPS) is 27.1. The molecule has 0 radical (unpaired) electrons. The summed E-state index contributed by atoms with van der Waals surface area (Å²) in [6.07, 6.45) is 5.61. The first kappa shape index (κ1) is 18.0. The first-order chi connectivity index (χ1) is 11.0.